The summed E-state index contributed by atoms with van der Waals surface area (Å²) in [6.07, 6.45) is 4.67. The number of methoxy groups -OCH3 is 1. The molecule has 1 atom stereocenters. The molecule has 0 bridgehead atoms. The molecule has 0 saturated heterocycles. The Balaban J connectivity index is 1.60. The van der Waals surface area contributed by atoms with Gasteiger partial charge in [0, 0.05) is 16.4 Å². The van der Waals surface area contributed by atoms with Crippen LogP contribution < -0.4 is 15.6 Å². The number of anilines is 1. The maximum Gasteiger partial charge on any atom is 0.263 e. The molecule has 1 aromatic carbocycles. The Labute approximate surface area is 199 Å². The van der Waals surface area contributed by atoms with E-state index in [1.165, 1.54) is 23.7 Å². The highest BCUT2D eigenvalue weighted by Crippen LogP contribution is 2.36. The Morgan fingerprint density at radius 1 is 1.50 bits per heavy atom. The van der Waals surface area contributed by atoms with Crippen molar-refractivity contribution < 1.29 is 9.53 Å². The molecule has 1 aliphatic rings. The van der Waals surface area contributed by atoms with Gasteiger partial charge in [-0.3, -0.25) is 14.2 Å². The van der Waals surface area contributed by atoms with Crippen molar-refractivity contribution in [3.05, 3.63) is 56.7 Å². The number of fused-ring (bicyclic) bond motifs is 3. The number of thiophene rings is 1. The SMILES string of the molecule is C=CCn1c(SCC(=O)Nc2cc(Cl)ccc2OC)nc2sc3c(c2c1=O)CCC(C)C3. The number of nitrogens with zero attached hydrogens (tertiary/aromatic N) is 2. The van der Waals surface area contributed by atoms with Crippen molar-refractivity contribution in [2.24, 2.45) is 5.92 Å². The van der Waals surface area contributed by atoms with Crippen molar-refractivity contribution in [2.75, 3.05) is 18.2 Å². The lowest BCUT2D eigenvalue weighted by Gasteiger charge is -2.17. The van der Waals surface area contributed by atoms with Gasteiger partial charge in [-0.15, -0.1) is 17.9 Å². The lowest BCUT2D eigenvalue weighted by molar-refractivity contribution is -0.113. The van der Waals surface area contributed by atoms with Gasteiger partial charge in [0.15, 0.2) is 5.16 Å². The quantitative estimate of drug-likeness (QED) is 0.282. The smallest absolute Gasteiger partial charge is 0.263 e. The standard InChI is InChI=1S/C23H24ClN3O3S2/c1-4-9-27-22(29)20-15-7-5-13(2)10-18(15)32-21(20)26-23(27)31-12-19(28)25-16-11-14(24)6-8-17(16)30-3/h4,6,8,11,13H,1,5,7,9-10,12H2,2-3H3,(H,25,28). The molecule has 9 heteroatoms. The number of carbonyl (C=O) groups is 1. The van der Waals surface area contributed by atoms with E-state index in [1.807, 2.05) is 0 Å². The van der Waals surface area contributed by atoms with Gasteiger partial charge < -0.3 is 10.1 Å². The minimum absolute atomic E-state index is 0.0543. The Bertz CT molecular complexity index is 1250. The first-order valence-corrected chi connectivity index (χ1v) is 12.5. The first kappa shape index (κ1) is 22.9. The molecule has 32 heavy (non-hydrogen) atoms. The molecule has 1 aliphatic carbocycles. The molecule has 168 valence electrons. The monoisotopic (exact) mass is 489 g/mol. The highest BCUT2D eigenvalue weighted by molar-refractivity contribution is 7.99. The number of allylic oxidation sites excluding steroid dienone is 1. The minimum atomic E-state index is -0.241. The number of aromatic nitrogens is 2. The summed E-state index contributed by atoms with van der Waals surface area (Å²) in [5.41, 5.74) is 1.60. The summed E-state index contributed by atoms with van der Waals surface area (Å²) in [6, 6.07) is 5.03. The van der Waals surface area contributed by atoms with Gasteiger partial charge in [0.25, 0.3) is 5.56 Å². The molecular weight excluding hydrogens is 466 g/mol. The van der Waals surface area contributed by atoms with Crippen molar-refractivity contribution in [3.8, 4) is 5.75 Å². The van der Waals surface area contributed by atoms with Crippen molar-refractivity contribution in [2.45, 2.75) is 37.9 Å². The number of amides is 1. The molecule has 3 aromatic rings. The van der Waals surface area contributed by atoms with E-state index < -0.39 is 0 Å². The van der Waals surface area contributed by atoms with E-state index in [0.29, 0.717) is 34.1 Å². The lowest BCUT2D eigenvalue weighted by atomic mass is 9.89. The van der Waals surface area contributed by atoms with Crippen LogP contribution in [0.5, 0.6) is 5.75 Å². The largest absolute Gasteiger partial charge is 0.495 e. The van der Waals surface area contributed by atoms with Gasteiger partial charge in [0.1, 0.15) is 10.6 Å². The number of thioether (sulfide) groups is 1. The molecule has 0 fully saturated rings. The van der Waals surface area contributed by atoms with Crippen LogP contribution in [0.25, 0.3) is 10.2 Å². The molecule has 0 aliphatic heterocycles. The Kier molecular flexibility index (Phi) is 6.93. The highest BCUT2D eigenvalue weighted by atomic mass is 35.5. The topological polar surface area (TPSA) is 73.2 Å². The van der Waals surface area contributed by atoms with Gasteiger partial charge in [0.05, 0.1) is 23.9 Å². The van der Waals surface area contributed by atoms with Crippen LogP contribution in [0.4, 0.5) is 5.69 Å². The lowest BCUT2D eigenvalue weighted by Crippen LogP contribution is -2.24. The Morgan fingerprint density at radius 2 is 2.31 bits per heavy atom. The maximum absolute atomic E-state index is 13.3. The fourth-order valence-corrected chi connectivity index (χ4v) is 6.30. The number of halogens is 1. The molecule has 2 aromatic heterocycles. The minimum Gasteiger partial charge on any atom is -0.495 e. The summed E-state index contributed by atoms with van der Waals surface area (Å²) in [5, 5.41) is 4.56. The Morgan fingerprint density at radius 3 is 3.06 bits per heavy atom. The van der Waals surface area contributed by atoms with Crippen LogP contribution in [-0.4, -0.2) is 28.3 Å². The molecule has 0 saturated carbocycles. The second-order valence-corrected chi connectivity index (χ2v) is 10.3. The molecule has 4 rings (SSSR count). The van der Waals surface area contributed by atoms with Crippen LogP contribution in [0.15, 0.2) is 40.8 Å². The summed E-state index contributed by atoms with van der Waals surface area (Å²) in [4.78, 5) is 32.8. The van der Waals surface area contributed by atoms with Crippen LogP contribution >= 0.6 is 34.7 Å². The van der Waals surface area contributed by atoms with Gasteiger partial charge in [-0.25, -0.2) is 4.98 Å². The molecular formula is C23H24ClN3O3S2. The van der Waals surface area contributed by atoms with Crippen LogP contribution in [0.1, 0.15) is 23.8 Å². The van der Waals surface area contributed by atoms with E-state index in [-0.39, 0.29) is 17.2 Å². The zero-order valence-electron chi connectivity index (χ0n) is 17.9. The van der Waals surface area contributed by atoms with E-state index >= 15 is 0 Å². The number of aryl methyl sites for hydroxylation is 1. The van der Waals surface area contributed by atoms with Gasteiger partial charge in [0.2, 0.25) is 5.91 Å². The van der Waals surface area contributed by atoms with Crippen LogP contribution in [-0.2, 0) is 24.2 Å². The number of nitrogens with one attached hydrogen (secondary N) is 1. The van der Waals surface area contributed by atoms with E-state index in [9.17, 15) is 9.59 Å². The number of rotatable bonds is 7. The van der Waals surface area contributed by atoms with Gasteiger partial charge in [-0.2, -0.15) is 0 Å². The van der Waals surface area contributed by atoms with Gasteiger partial charge in [-0.1, -0.05) is 36.4 Å². The summed E-state index contributed by atoms with van der Waals surface area (Å²) in [7, 11) is 1.53. The van der Waals surface area contributed by atoms with Crippen molar-refractivity contribution in [3.63, 3.8) is 0 Å². The molecule has 2 heterocycles. The van der Waals surface area contributed by atoms with Crippen LogP contribution in [0, 0.1) is 5.92 Å². The molecule has 0 spiro atoms. The third kappa shape index (κ3) is 4.58. The van der Waals surface area contributed by atoms with Crippen molar-refractivity contribution in [1.29, 1.82) is 0 Å². The first-order chi connectivity index (χ1) is 15.4. The van der Waals surface area contributed by atoms with Gasteiger partial charge in [-0.05, 0) is 48.9 Å². The average molecular weight is 490 g/mol. The van der Waals surface area contributed by atoms with Gasteiger partial charge >= 0.3 is 0 Å². The number of benzene rings is 1. The number of carbonyl (C=O) groups excluding carboxylic acids is 1. The van der Waals surface area contributed by atoms with E-state index in [2.05, 4.69) is 18.8 Å². The summed E-state index contributed by atoms with van der Waals surface area (Å²) >= 11 is 8.88. The van der Waals surface area contributed by atoms with Crippen LogP contribution in [0.3, 0.4) is 0 Å². The average Bonchev–Trinajstić information content (AvgIpc) is 3.12. The maximum atomic E-state index is 13.3. The number of hydrogen-bond acceptors (Lipinski definition) is 6. The highest BCUT2D eigenvalue weighted by Gasteiger charge is 2.24. The molecule has 1 unspecified atom stereocenters. The van der Waals surface area contributed by atoms with E-state index in [0.717, 1.165) is 35.0 Å². The molecule has 0 radical (unpaired) electrons. The third-order valence-corrected chi connectivity index (χ3v) is 7.82. The normalized spacial score (nSPS) is 15.4. The summed E-state index contributed by atoms with van der Waals surface area (Å²) in [5.74, 6) is 0.989. The van der Waals surface area contributed by atoms with Crippen LogP contribution in [0.2, 0.25) is 5.02 Å². The fourth-order valence-electron chi connectivity index (χ4n) is 3.90. The molecule has 6 nitrogen and oxygen atoms in total. The molecule has 1 N–H and O–H groups in total. The Hall–Kier alpha value is -2.29. The number of ether oxygens (including phenoxy) is 1. The van der Waals surface area contributed by atoms with Crippen molar-refractivity contribution >= 4 is 56.5 Å². The fraction of sp³-hybridized carbons (Fsp3) is 0.348. The number of hydrogen-bond donors (Lipinski definition) is 1. The third-order valence-electron chi connectivity index (χ3n) is 5.46. The predicted octanol–water partition coefficient (Wildman–Crippen LogP) is 5.16. The second kappa shape index (κ2) is 9.68. The van der Waals surface area contributed by atoms with Crippen molar-refractivity contribution in [1.82, 2.24) is 9.55 Å². The zero-order chi connectivity index (χ0) is 22.8. The first-order valence-electron chi connectivity index (χ1n) is 10.3. The summed E-state index contributed by atoms with van der Waals surface area (Å²) < 4.78 is 6.89. The van der Waals surface area contributed by atoms with E-state index in [1.54, 1.807) is 40.2 Å². The predicted molar refractivity (Wildman–Crippen MR) is 133 cm³/mol. The van der Waals surface area contributed by atoms with E-state index in [4.69, 9.17) is 21.3 Å². The second-order valence-electron chi connectivity index (χ2n) is 7.81. The zero-order valence-corrected chi connectivity index (χ0v) is 20.3. The molecule has 1 amide bonds. The summed E-state index contributed by atoms with van der Waals surface area (Å²) in [6.45, 7) is 6.37.